The number of aliphatic hydroxyl groups excluding tert-OH is 1. The summed E-state index contributed by atoms with van der Waals surface area (Å²) in [7, 11) is -4.10. The van der Waals surface area contributed by atoms with E-state index >= 15 is 0 Å². The molecule has 2 atom stereocenters. The van der Waals surface area contributed by atoms with Gasteiger partial charge in [0.25, 0.3) is 10.0 Å². The van der Waals surface area contributed by atoms with E-state index in [9.17, 15) is 23.1 Å². The van der Waals surface area contributed by atoms with Crippen LogP contribution in [0, 0.1) is 13.8 Å². The number of carbonyl (C=O) groups is 2. The monoisotopic (exact) mass is 455 g/mol. The van der Waals surface area contributed by atoms with Crippen molar-refractivity contribution in [3.05, 3.63) is 40.7 Å². The van der Waals surface area contributed by atoms with Crippen molar-refractivity contribution in [2.24, 2.45) is 0 Å². The van der Waals surface area contributed by atoms with Crippen LogP contribution in [0.3, 0.4) is 0 Å². The lowest BCUT2D eigenvalue weighted by Crippen LogP contribution is -2.53. The molecule has 1 saturated heterocycles. The van der Waals surface area contributed by atoms with Crippen molar-refractivity contribution in [1.29, 1.82) is 0 Å². The number of amides is 2. The lowest BCUT2D eigenvalue weighted by Gasteiger charge is -2.37. The molecule has 0 bridgehead atoms. The van der Waals surface area contributed by atoms with Crippen LogP contribution in [0.15, 0.2) is 29.4 Å². The number of hydrogen-bond donors (Lipinski definition) is 2. The van der Waals surface area contributed by atoms with Gasteiger partial charge in [0.05, 0.1) is 24.0 Å². The number of piperidine rings is 1. The molecule has 0 radical (unpaired) electrons. The quantitative estimate of drug-likeness (QED) is 0.702. The summed E-state index contributed by atoms with van der Waals surface area (Å²) in [5.41, 5.74) is 1.05. The SMILES string of the molecule is Cc1cc(S(=O)(=O)N2C=CNC(=O)[C@H]2CC(=O)N2CCCC[C@H]2CO)c(C)cc1Cl. The smallest absolute Gasteiger partial charge is 0.264 e. The molecule has 0 aliphatic carbocycles. The van der Waals surface area contributed by atoms with Gasteiger partial charge in [-0.2, -0.15) is 0 Å². The van der Waals surface area contributed by atoms with Crippen LogP contribution in [0.4, 0.5) is 0 Å². The average Bonchev–Trinajstić information content (AvgIpc) is 2.71. The molecule has 1 aromatic rings. The van der Waals surface area contributed by atoms with E-state index in [4.69, 9.17) is 11.6 Å². The lowest BCUT2D eigenvalue weighted by molar-refractivity contribution is -0.139. The van der Waals surface area contributed by atoms with Crippen LogP contribution < -0.4 is 5.32 Å². The fourth-order valence-electron chi connectivity index (χ4n) is 3.89. The van der Waals surface area contributed by atoms with Gasteiger partial charge in [-0.3, -0.25) is 13.9 Å². The molecule has 0 saturated carbocycles. The molecule has 10 heteroatoms. The fourth-order valence-corrected chi connectivity index (χ4v) is 5.85. The number of hydrogen-bond acceptors (Lipinski definition) is 5. The molecule has 2 amide bonds. The minimum Gasteiger partial charge on any atom is -0.394 e. The van der Waals surface area contributed by atoms with Crippen LogP contribution in [0.1, 0.15) is 36.8 Å². The van der Waals surface area contributed by atoms with Gasteiger partial charge >= 0.3 is 0 Å². The predicted octanol–water partition coefficient (Wildman–Crippen LogP) is 1.68. The van der Waals surface area contributed by atoms with Gasteiger partial charge in [-0.05, 0) is 56.4 Å². The Labute approximate surface area is 181 Å². The van der Waals surface area contributed by atoms with E-state index in [2.05, 4.69) is 5.32 Å². The Morgan fingerprint density at radius 1 is 1.27 bits per heavy atom. The summed E-state index contributed by atoms with van der Waals surface area (Å²) in [6.07, 6.45) is 4.61. The fraction of sp³-hybridized carbons (Fsp3) is 0.500. The van der Waals surface area contributed by atoms with Crippen molar-refractivity contribution in [1.82, 2.24) is 14.5 Å². The van der Waals surface area contributed by atoms with E-state index in [1.54, 1.807) is 24.8 Å². The average molecular weight is 456 g/mol. The number of likely N-dealkylation sites (tertiary alicyclic amines) is 1. The van der Waals surface area contributed by atoms with Crippen molar-refractivity contribution in [3.63, 3.8) is 0 Å². The Balaban J connectivity index is 1.92. The highest BCUT2D eigenvalue weighted by atomic mass is 35.5. The number of benzene rings is 1. The number of aryl methyl sites for hydroxylation is 2. The van der Waals surface area contributed by atoms with E-state index < -0.39 is 22.0 Å². The molecule has 2 aliphatic heterocycles. The van der Waals surface area contributed by atoms with Crippen LogP contribution in [-0.2, 0) is 19.6 Å². The third kappa shape index (κ3) is 4.33. The van der Waals surface area contributed by atoms with Crippen molar-refractivity contribution in [2.45, 2.75) is 56.5 Å². The first-order chi connectivity index (χ1) is 14.2. The Morgan fingerprint density at radius 3 is 2.70 bits per heavy atom. The second-order valence-electron chi connectivity index (χ2n) is 7.67. The molecular formula is C20H26ClN3O5S. The number of sulfonamides is 1. The van der Waals surface area contributed by atoms with Crippen molar-refractivity contribution < 1.29 is 23.1 Å². The van der Waals surface area contributed by atoms with Gasteiger partial charge in [-0.15, -0.1) is 0 Å². The topological polar surface area (TPSA) is 107 Å². The Kier molecular flexibility index (Phi) is 6.74. The molecule has 164 valence electrons. The van der Waals surface area contributed by atoms with Gasteiger partial charge in [-0.1, -0.05) is 11.6 Å². The van der Waals surface area contributed by atoms with Crippen molar-refractivity contribution in [3.8, 4) is 0 Å². The number of rotatable bonds is 5. The first kappa shape index (κ1) is 22.6. The second kappa shape index (κ2) is 8.95. The summed E-state index contributed by atoms with van der Waals surface area (Å²) in [4.78, 5) is 27.1. The van der Waals surface area contributed by atoms with Crippen molar-refractivity contribution >= 4 is 33.4 Å². The number of aliphatic hydroxyl groups is 1. The van der Waals surface area contributed by atoms with Crippen LogP contribution >= 0.6 is 11.6 Å². The molecule has 2 heterocycles. The highest BCUT2D eigenvalue weighted by molar-refractivity contribution is 7.89. The molecule has 0 aromatic heterocycles. The van der Waals surface area contributed by atoms with Gasteiger partial charge in [-0.25, -0.2) is 8.42 Å². The highest BCUT2D eigenvalue weighted by Crippen LogP contribution is 2.29. The van der Waals surface area contributed by atoms with Crippen LogP contribution in [0.2, 0.25) is 5.02 Å². The van der Waals surface area contributed by atoms with Crippen LogP contribution in [0.5, 0.6) is 0 Å². The molecule has 3 rings (SSSR count). The summed E-state index contributed by atoms with van der Waals surface area (Å²) in [6.45, 7) is 3.65. The van der Waals surface area contributed by atoms with E-state index in [1.807, 2.05) is 0 Å². The Bertz CT molecular complexity index is 979. The van der Waals surface area contributed by atoms with E-state index in [-0.39, 0.29) is 29.9 Å². The summed E-state index contributed by atoms with van der Waals surface area (Å²) < 4.78 is 27.7. The maximum absolute atomic E-state index is 13.4. The summed E-state index contributed by atoms with van der Waals surface area (Å²) in [5, 5.41) is 12.5. The van der Waals surface area contributed by atoms with Gasteiger partial charge < -0.3 is 15.3 Å². The summed E-state index contributed by atoms with van der Waals surface area (Å²) in [6, 6.07) is 1.51. The summed E-state index contributed by atoms with van der Waals surface area (Å²) in [5.74, 6) is -0.927. The van der Waals surface area contributed by atoms with E-state index in [1.165, 1.54) is 18.5 Å². The van der Waals surface area contributed by atoms with Gasteiger partial charge in [0, 0.05) is 24.0 Å². The maximum atomic E-state index is 13.4. The third-order valence-electron chi connectivity index (χ3n) is 5.59. The predicted molar refractivity (Wildman–Crippen MR) is 112 cm³/mol. The highest BCUT2D eigenvalue weighted by Gasteiger charge is 2.39. The van der Waals surface area contributed by atoms with E-state index in [0.29, 0.717) is 29.1 Å². The summed E-state index contributed by atoms with van der Waals surface area (Å²) >= 11 is 6.10. The largest absolute Gasteiger partial charge is 0.394 e. The molecule has 0 spiro atoms. The zero-order chi connectivity index (χ0) is 22.1. The number of halogens is 1. The molecule has 8 nitrogen and oxygen atoms in total. The number of nitrogens with zero attached hydrogens (tertiary/aromatic N) is 2. The molecule has 2 aliphatic rings. The van der Waals surface area contributed by atoms with Gasteiger partial charge in [0.15, 0.2) is 0 Å². The lowest BCUT2D eigenvalue weighted by atomic mass is 10.0. The van der Waals surface area contributed by atoms with Crippen LogP contribution in [0.25, 0.3) is 0 Å². The van der Waals surface area contributed by atoms with Gasteiger partial charge in [0.1, 0.15) is 6.04 Å². The number of carbonyl (C=O) groups excluding carboxylic acids is 2. The third-order valence-corrected chi connectivity index (χ3v) is 7.93. The first-order valence-electron chi connectivity index (χ1n) is 9.84. The Hall–Kier alpha value is -2.10. The molecular weight excluding hydrogens is 430 g/mol. The minimum absolute atomic E-state index is 0.0346. The standard InChI is InChI=1S/C20H26ClN3O5S/c1-13-10-18(14(2)9-16(13)21)30(28,29)24-8-6-22-20(27)17(24)11-19(26)23-7-4-3-5-15(23)12-25/h6,8-10,15,17,25H,3-5,7,11-12H2,1-2H3,(H,22,27)/t15-,17+/m0/s1. The van der Waals surface area contributed by atoms with Gasteiger partial charge in [0.2, 0.25) is 11.8 Å². The zero-order valence-corrected chi connectivity index (χ0v) is 18.5. The van der Waals surface area contributed by atoms with E-state index in [0.717, 1.165) is 17.1 Å². The first-order valence-corrected chi connectivity index (χ1v) is 11.7. The molecule has 1 aromatic carbocycles. The van der Waals surface area contributed by atoms with Crippen molar-refractivity contribution in [2.75, 3.05) is 13.2 Å². The number of nitrogens with one attached hydrogen (secondary N) is 1. The Morgan fingerprint density at radius 2 is 2.00 bits per heavy atom. The second-order valence-corrected chi connectivity index (χ2v) is 9.88. The molecule has 30 heavy (non-hydrogen) atoms. The maximum Gasteiger partial charge on any atom is 0.264 e. The molecule has 2 N–H and O–H groups in total. The zero-order valence-electron chi connectivity index (χ0n) is 17.0. The molecule has 0 unspecified atom stereocenters. The normalized spacial score (nSPS) is 22.2. The van der Waals surface area contributed by atoms with Crippen LogP contribution in [-0.4, -0.2) is 59.8 Å². The minimum atomic E-state index is -4.10. The molecule has 1 fully saturated rings.